The van der Waals surface area contributed by atoms with Crippen LogP contribution in [0.25, 0.3) is 0 Å². The number of amides is 2. The van der Waals surface area contributed by atoms with Gasteiger partial charge in [0.05, 0.1) is 30.0 Å². The molecule has 0 bridgehead atoms. The van der Waals surface area contributed by atoms with Gasteiger partial charge < -0.3 is 9.57 Å². The van der Waals surface area contributed by atoms with Gasteiger partial charge in [0.1, 0.15) is 5.56 Å². The first-order valence-corrected chi connectivity index (χ1v) is 7.26. The minimum absolute atomic E-state index is 0.183. The lowest BCUT2D eigenvalue weighted by molar-refractivity contribution is -0.0585. The molecule has 2 heterocycles. The van der Waals surface area contributed by atoms with Crippen molar-refractivity contribution in [3.63, 3.8) is 0 Å². The van der Waals surface area contributed by atoms with E-state index in [9.17, 15) is 14.4 Å². The fraction of sp³-hybridized carbons (Fsp3) is 0.250. The first kappa shape index (κ1) is 15.9. The molecule has 0 aliphatic carbocycles. The van der Waals surface area contributed by atoms with Crippen LogP contribution in [0, 0.1) is 6.92 Å². The Bertz CT molecular complexity index is 792. The lowest BCUT2D eigenvalue weighted by Gasteiger charge is -2.12. The van der Waals surface area contributed by atoms with Gasteiger partial charge in [-0.3, -0.25) is 14.3 Å². The largest absolute Gasteiger partial charge is 0.383 e. The molecule has 2 aromatic rings. The lowest BCUT2D eigenvalue weighted by Crippen LogP contribution is -2.32. The zero-order chi connectivity index (χ0) is 17.3. The molecule has 0 fully saturated rings. The minimum Gasteiger partial charge on any atom is -0.383 e. The molecule has 0 spiro atoms. The number of imide groups is 1. The molecule has 8 nitrogen and oxygen atoms in total. The molecule has 24 heavy (non-hydrogen) atoms. The van der Waals surface area contributed by atoms with Gasteiger partial charge in [-0.2, -0.15) is 5.10 Å². The van der Waals surface area contributed by atoms with E-state index in [4.69, 9.17) is 9.57 Å². The first-order chi connectivity index (χ1) is 11.5. The van der Waals surface area contributed by atoms with Gasteiger partial charge in [0.15, 0.2) is 0 Å². The summed E-state index contributed by atoms with van der Waals surface area (Å²) >= 11 is 0. The third kappa shape index (κ3) is 2.67. The van der Waals surface area contributed by atoms with Crippen molar-refractivity contribution in [2.75, 3.05) is 13.7 Å². The highest BCUT2D eigenvalue weighted by Crippen LogP contribution is 2.23. The number of benzene rings is 1. The van der Waals surface area contributed by atoms with E-state index in [0.717, 1.165) is 0 Å². The van der Waals surface area contributed by atoms with Crippen molar-refractivity contribution < 1.29 is 24.0 Å². The number of aryl methyl sites for hydroxylation is 1. The second kappa shape index (κ2) is 6.25. The maximum atomic E-state index is 12.3. The summed E-state index contributed by atoms with van der Waals surface area (Å²) in [6.07, 6.45) is 1.49. The Morgan fingerprint density at radius 3 is 2.38 bits per heavy atom. The molecule has 2 amide bonds. The van der Waals surface area contributed by atoms with Gasteiger partial charge in [-0.05, 0) is 19.1 Å². The van der Waals surface area contributed by atoms with Crippen LogP contribution in [0.15, 0.2) is 30.5 Å². The predicted octanol–water partition coefficient (Wildman–Crippen LogP) is 1.21. The molecular weight excluding hydrogens is 314 g/mol. The summed E-state index contributed by atoms with van der Waals surface area (Å²) in [6.45, 7) is 2.55. The van der Waals surface area contributed by atoms with E-state index in [-0.39, 0.29) is 16.7 Å². The third-order valence-corrected chi connectivity index (χ3v) is 3.62. The van der Waals surface area contributed by atoms with E-state index in [1.807, 2.05) is 0 Å². The molecule has 3 rings (SSSR count). The Balaban J connectivity index is 1.78. The second-order valence-electron chi connectivity index (χ2n) is 5.21. The number of ether oxygens (including phenoxy) is 1. The van der Waals surface area contributed by atoms with Crippen LogP contribution in [-0.4, -0.2) is 46.3 Å². The highest BCUT2D eigenvalue weighted by molar-refractivity contribution is 6.21. The molecule has 0 saturated carbocycles. The fourth-order valence-electron chi connectivity index (χ4n) is 2.40. The summed E-state index contributed by atoms with van der Waals surface area (Å²) in [5, 5.41) is 4.65. The molecule has 1 aliphatic heterocycles. The van der Waals surface area contributed by atoms with Crippen molar-refractivity contribution in [3.05, 3.63) is 52.8 Å². The van der Waals surface area contributed by atoms with E-state index >= 15 is 0 Å². The second-order valence-corrected chi connectivity index (χ2v) is 5.21. The Kier molecular flexibility index (Phi) is 4.13. The van der Waals surface area contributed by atoms with Crippen LogP contribution in [0.1, 0.15) is 36.8 Å². The van der Waals surface area contributed by atoms with Gasteiger partial charge >= 0.3 is 5.97 Å². The molecule has 0 atom stereocenters. The highest BCUT2D eigenvalue weighted by Gasteiger charge is 2.39. The summed E-state index contributed by atoms with van der Waals surface area (Å²) < 4.78 is 6.49. The summed E-state index contributed by atoms with van der Waals surface area (Å²) in [5.41, 5.74) is 1.04. The van der Waals surface area contributed by atoms with Crippen molar-refractivity contribution >= 4 is 17.8 Å². The van der Waals surface area contributed by atoms with E-state index in [1.54, 1.807) is 26.2 Å². The smallest absolute Gasteiger partial charge is 0.367 e. The van der Waals surface area contributed by atoms with Crippen molar-refractivity contribution in [2.45, 2.75) is 13.5 Å². The maximum Gasteiger partial charge on any atom is 0.367 e. The zero-order valence-corrected chi connectivity index (χ0v) is 13.2. The Morgan fingerprint density at radius 2 is 1.79 bits per heavy atom. The molecule has 1 aliphatic rings. The van der Waals surface area contributed by atoms with Crippen LogP contribution in [0.5, 0.6) is 0 Å². The zero-order valence-electron chi connectivity index (χ0n) is 13.2. The molecule has 0 N–H and O–H groups in total. The summed E-state index contributed by atoms with van der Waals surface area (Å²) in [6, 6.07) is 6.30. The number of carbonyl (C=O) groups excluding carboxylic acids is 3. The summed E-state index contributed by atoms with van der Waals surface area (Å²) in [4.78, 5) is 41.7. The molecule has 124 valence electrons. The monoisotopic (exact) mass is 329 g/mol. The summed E-state index contributed by atoms with van der Waals surface area (Å²) in [7, 11) is 1.56. The molecule has 1 aromatic carbocycles. The minimum atomic E-state index is -0.814. The number of hydroxylamine groups is 2. The van der Waals surface area contributed by atoms with Gasteiger partial charge in [0.2, 0.25) is 0 Å². The van der Waals surface area contributed by atoms with E-state index in [0.29, 0.717) is 23.9 Å². The van der Waals surface area contributed by atoms with Crippen LogP contribution in [0.4, 0.5) is 0 Å². The van der Waals surface area contributed by atoms with Gasteiger partial charge in [-0.15, -0.1) is 0 Å². The van der Waals surface area contributed by atoms with Gasteiger partial charge in [0, 0.05) is 13.3 Å². The number of rotatable bonds is 5. The van der Waals surface area contributed by atoms with Crippen LogP contribution in [0.2, 0.25) is 0 Å². The van der Waals surface area contributed by atoms with Crippen LogP contribution >= 0.6 is 0 Å². The number of carbonyl (C=O) groups is 3. The predicted molar refractivity (Wildman–Crippen MR) is 81.2 cm³/mol. The lowest BCUT2D eigenvalue weighted by atomic mass is 10.1. The first-order valence-electron chi connectivity index (χ1n) is 7.26. The molecule has 0 radical (unpaired) electrons. The van der Waals surface area contributed by atoms with Crippen molar-refractivity contribution in [2.24, 2.45) is 0 Å². The normalized spacial score (nSPS) is 13.3. The Hall–Kier alpha value is -3.00. The van der Waals surface area contributed by atoms with E-state index in [2.05, 4.69) is 5.10 Å². The van der Waals surface area contributed by atoms with Crippen LogP contribution in [-0.2, 0) is 16.1 Å². The Labute approximate surface area is 137 Å². The molecule has 8 heteroatoms. The average Bonchev–Trinajstić information content (AvgIpc) is 3.07. The molecule has 1 aromatic heterocycles. The van der Waals surface area contributed by atoms with Crippen molar-refractivity contribution in [1.82, 2.24) is 14.8 Å². The fourth-order valence-corrected chi connectivity index (χ4v) is 2.40. The highest BCUT2D eigenvalue weighted by atomic mass is 16.7. The quantitative estimate of drug-likeness (QED) is 0.766. The van der Waals surface area contributed by atoms with Crippen LogP contribution in [0.3, 0.4) is 0 Å². The molecular formula is C16H15N3O5. The topological polar surface area (TPSA) is 90.7 Å². The van der Waals surface area contributed by atoms with Crippen LogP contribution < -0.4 is 0 Å². The molecule has 0 saturated heterocycles. The number of hydrogen-bond donors (Lipinski definition) is 0. The number of methoxy groups -OCH3 is 1. The third-order valence-electron chi connectivity index (χ3n) is 3.62. The van der Waals surface area contributed by atoms with Crippen molar-refractivity contribution in [1.29, 1.82) is 0 Å². The number of nitrogens with zero attached hydrogens (tertiary/aromatic N) is 3. The number of hydrogen-bond acceptors (Lipinski definition) is 6. The molecule has 0 unspecified atom stereocenters. The maximum absolute atomic E-state index is 12.3. The number of fused-ring (bicyclic) bond motifs is 1. The van der Waals surface area contributed by atoms with E-state index < -0.39 is 17.8 Å². The standard InChI is InChI=1S/C16H15N3O5/c1-10-13(9-18(17-10)7-8-23-2)16(22)24-19-14(20)11-5-3-4-6-12(11)15(19)21/h3-6,9H,7-8H2,1-2H3. The van der Waals surface area contributed by atoms with Gasteiger partial charge in [0.25, 0.3) is 11.8 Å². The van der Waals surface area contributed by atoms with Crippen molar-refractivity contribution in [3.8, 4) is 0 Å². The number of aromatic nitrogens is 2. The Morgan fingerprint density at radius 1 is 1.17 bits per heavy atom. The average molecular weight is 329 g/mol. The van der Waals surface area contributed by atoms with Gasteiger partial charge in [-0.1, -0.05) is 17.2 Å². The summed E-state index contributed by atoms with van der Waals surface area (Å²) in [5.74, 6) is -2.13. The van der Waals surface area contributed by atoms with E-state index in [1.165, 1.54) is 23.0 Å². The SMILES string of the molecule is COCCn1cc(C(=O)ON2C(=O)c3ccccc3C2=O)c(C)n1. The van der Waals surface area contributed by atoms with Gasteiger partial charge in [-0.25, -0.2) is 4.79 Å².